The summed E-state index contributed by atoms with van der Waals surface area (Å²) >= 11 is 0. The van der Waals surface area contributed by atoms with E-state index in [0.717, 1.165) is 11.0 Å². The molecule has 1 N–H and O–H groups in total. The molecule has 0 aromatic rings. The van der Waals surface area contributed by atoms with Gasteiger partial charge in [-0.15, -0.1) is 0 Å². The molecule has 0 aliphatic heterocycles. The van der Waals surface area contributed by atoms with E-state index in [4.69, 9.17) is 5.11 Å². The Hall–Kier alpha value is -0.0800. The summed E-state index contributed by atoms with van der Waals surface area (Å²) in [5, 5.41) is 9.07. The minimum Gasteiger partial charge on any atom is -0.391 e. The number of hydrogen-bond acceptors (Lipinski definition) is 1. The van der Waals surface area contributed by atoms with Gasteiger partial charge in [-0.1, -0.05) is 34.6 Å². The Balaban J connectivity index is 0. The Labute approximate surface area is 96.9 Å². The third kappa shape index (κ3) is 7.80. The van der Waals surface area contributed by atoms with Gasteiger partial charge in [0.25, 0.3) is 0 Å². The lowest BCUT2D eigenvalue weighted by atomic mass is 10.2. The smallest absolute Gasteiger partial charge is 0.102 e. The van der Waals surface area contributed by atoms with Crippen molar-refractivity contribution in [3.63, 3.8) is 0 Å². The minimum absolute atomic E-state index is 0.333. The van der Waals surface area contributed by atoms with Gasteiger partial charge < -0.3 is 9.59 Å². The monoisotopic (exact) mass is 218 g/mol. The van der Waals surface area contributed by atoms with Crippen molar-refractivity contribution in [2.75, 3.05) is 32.8 Å². The maximum absolute atomic E-state index is 9.07. The van der Waals surface area contributed by atoms with E-state index in [1.807, 2.05) is 13.8 Å². The van der Waals surface area contributed by atoms with E-state index in [-0.39, 0.29) is 0 Å². The third-order valence-corrected chi connectivity index (χ3v) is 2.67. The van der Waals surface area contributed by atoms with Gasteiger partial charge in [-0.3, -0.25) is 0 Å². The molecule has 0 radical (unpaired) electrons. The van der Waals surface area contributed by atoms with Gasteiger partial charge in [0.2, 0.25) is 0 Å². The highest BCUT2D eigenvalue weighted by Gasteiger charge is 2.23. The van der Waals surface area contributed by atoms with Crippen LogP contribution in [-0.4, -0.2) is 42.4 Å². The zero-order valence-electron chi connectivity index (χ0n) is 11.6. The van der Waals surface area contributed by atoms with Crippen LogP contribution in [0.1, 0.15) is 53.9 Å². The van der Waals surface area contributed by atoms with E-state index in [1.54, 1.807) is 0 Å². The number of nitrogens with zero attached hydrogens (tertiary/aromatic N) is 1. The van der Waals surface area contributed by atoms with E-state index in [9.17, 15) is 0 Å². The van der Waals surface area contributed by atoms with Gasteiger partial charge in [-0.25, -0.2) is 0 Å². The van der Waals surface area contributed by atoms with Crippen molar-refractivity contribution in [3.05, 3.63) is 0 Å². The van der Waals surface area contributed by atoms with Crippen LogP contribution in [0.4, 0.5) is 0 Å². The highest BCUT2D eigenvalue weighted by atomic mass is 16.3. The lowest BCUT2D eigenvalue weighted by Crippen LogP contribution is -2.51. The first-order valence-corrected chi connectivity index (χ1v) is 6.70. The molecule has 0 aromatic heterocycles. The molecule has 0 atom stereocenters. The van der Waals surface area contributed by atoms with E-state index in [2.05, 4.69) is 20.8 Å². The molecule has 2 heteroatoms. The Bertz CT molecular complexity index is 85.6. The average molecular weight is 218 g/mol. The Morgan fingerprint density at radius 2 is 1.07 bits per heavy atom. The van der Waals surface area contributed by atoms with Crippen molar-refractivity contribution in [2.45, 2.75) is 53.9 Å². The molecule has 0 aromatic carbocycles. The Kier molecular flexibility index (Phi) is 13.8. The molecular formula is C13H32NO+. The molecule has 0 rings (SSSR count). The molecule has 15 heavy (non-hydrogen) atoms. The standard InChI is InChI=1S/C11H26NO.C2H6/c1-4-7-12(8-5-2,9-6-3)10-11-13;1-2/h13H,4-11H2,1-3H3;1-2H3/q+1;. The van der Waals surface area contributed by atoms with Gasteiger partial charge in [-0.05, 0) is 19.3 Å². The number of aliphatic hydroxyl groups excluding tert-OH is 1. The van der Waals surface area contributed by atoms with Gasteiger partial charge >= 0.3 is 0 Å². The van der Waals surface area contributed by atoms with Crippen LogP contribution in [0, 0.1) is 0 Å². The molecule has 0 saturated carbocycles. The van der Waals surface area contributed by atoms with E-state index >= 15 is 0 Å². The summed E-state index contributed by atoms with van der Waals surface area (Å²) in [6.07, 6.45) is 3.67. The van der Waals surface area contributed by atoms with E-state index < -0.39 is 0 Å². The summed E-state index contributed by atoms with van der Waals surface area (Å²) in [6, 6.07) is 0. The largest absolute Gasteiger partial charge is 0.391 e. The van der Waals surface area contributed by atoms with Crippen LogP contribution in [0.3, 0.4) is 0 Å². The molecule has 2 nitrogen and oxygen atoms in total. The summed E-state index contributed by atoms with van der Waals surface area (Å²) < 4.78 is 1.12. The molecule has 0 fully saturated rings. The predicted molar refractivity (Wildman–Crippen MR) is 69.0 cm³/mol. The van der Waals surface area contributed by atoms with Crippen LogP contribution in [0.2, 0.25) is 0 Å². The fraction of sp³-hybridized carbons (Fsp3) is 1.00. The summed E-state index contributed by atoms with van der Waals surface area (Å²) in [4.78, 5) is 0. The van der Waals surface area contributed by atoms with Crippen molar-refractivity contribution < 1.29 is 9.59 Å². The zero-order valence-corrected chi connectivity index (χ0v) is 11.6. The first kappa shape index (κ1) is 17.3. The summed E-state index contributed by atoms with van der Waals surface area (Å²) in [5.74, 6) is 0. The number of rotatable bonds is 8. The molecule has 0 aliphatic rings. The molecule has 0 heterocycles. The second kappa shape index (κ2) is 12.0. The predicted octanol–water partition coefficient (Wildman–Crippen LogP) is 3.05. The quantitative estimate of drug-likeness (QED) is 0.621. The van der Waals surface area contributed by atoms with E-state index in [0.29, 0.717) is 6.61 Å². The number of quaternary nitrogens is 1. The van der Waals surface area contributed by atoms with E-state index in [1.165, 1.54) is 38.9 Å². The fourth-order valence-electron chi connectivity index (χ4n) is 2.31. The Morgan fingerprint density at radius 1 is 0.733 bits per heavy atom. The van der Waals surface area contributed by atoms with Gasteiger partial charge in [-0.2, -0.15) is 0 Å². The van der Waals surface area contributed by atoms with Crippen LogP contribution in [-0.2, 0) is 0 Å². The van der Waals surface area contributed by atoms with Crippen molar-refractivity contribution in [1.82, 2.24) is 0 Å². The molecule has 0 amide bonds. The van der Waals surface area contributed by atoms with Crippen LogP contribution in [0.5, 0.6) is 0 Å². The molecular weight excluding hydrogens is 186 g/mol. The highest BCUT2D eigenvalue weighted by Crippen LogP contribution is 2.10. The third-order valence-electron chi connectivity index (χ3n) is 2.67. The van der Waals surface area contributed by atoms with Crippen molar-refractivity contribution in [1.29, 1.82) is 0 Å². The summed E-state index contributed by atoms with van der Waals surface area (Å²) in [6.45, 7) is 15.6. The molecule has 0 saturated heterocycles. The summed E-state index contributed by atoms with van der Waals surface area (Å²) in [7, 11) is 0. The fourth-order valence-corrected chi connectivity index (χ4v) is 2.31. The van der Waals surface area contributed by atoms with Gasteiger partial charge in [0, 0.05) is 0 Å². The first-order valence-electron chi connectivity index (χ1n) is 6.70. The maximum Gasteiger partial charge on any atom is 0.102 e. The highest BCUT2D eigenvalue weighted by molar-refractivity contribution is 4.43. The van der Waals surface area contributed by atoms with Gasteiger partial charge in [0.05, 0.1) is 26.2 Å². The lowest BCUT2D eigenvalue weighted by Gasteiger charge is -2.38. The van der Waals surface area contributed by atoms with Crippen molar-refractivity contribution in [3.8, 4) is 0 Å². The van der Waals surface area contributed by atoms with Gasteiger partial charge in [0.1, 0.15) is 6.54 Å². The van der Waals surface area contributed by atoms with Crippen LogP contribution < -0.4 is 0 Å². The number of hydrogen-bond donors (Lipinski definition) is 1. The molecule has 0 spiro atoms. The number of aliphatic hydroxyl groups is 1. The molecule has 0 aliphatic carbocycles. The second-order valence-electron chi connectivity index (χ2n) is 3.96. The first-order chi connectivity index (χ1) is 7.24. The van der Waals surface area contributed by atoms with Gasteiger partial charge in [0.15, 0.2) is 0 Å². The normalized spacial score (nSPS) is 10.8. The molecule has 94 valence electrons. The lowest BCUT2D eigenvalue weighted by molar-refractivity contribution is -0.928. The molecule has 0 bridgehead atoms. The summed E-state index contributed by atoms with van der Waals surface area (Å²) in [5.41, 5.74) is 0. The molecule has 0 unspecified atom stereocenters. The zero-order chi connectivity index (χ0) is 12.2. The maximum atomic E-state index is 9.07. The van der Waals surface area contributed by atoms with Crippen LogP contribution in [0.25, 0.3) is 0 Å². The van der Waals surface area contributed by atoms with Crippen molar-refractivity contribution in [2.24, 2.45) is 0 Å². The topological polar surface area (TPSA) is 20.2 Å². The van der Waals surface area contributed by atoms with Crippen LogP contribution >= 0.6 is 0 Å². The van der Waals surface area contributed by atoms with Crippen LogP contribution in [0.15, 0.2) is 0 Å². The van der Waals surface area contributed by atoms with Crippen molar-refractivity contribution >= 4 is 0 Å². The Morgan fingerprint density at radius 3 is 1.27 bits per heavy atom. The minimum atomic E-state index is 0.333. The SMILES string of the molecule is CC.CCC[N+](CCC)(CCC)CCO. The average Bonchev–Trinajstić information content (AvgIpc) is 2.22. The second-order valence-corrected chi connectivity index (χ2v) is 3.96.